The van der Waals surface area contributed by atoms with Crippen LogP contribution in [-0.2, 0) is 6.42 Å². The van der Waals surface area contributed by atoms with Crippen LogP contribution in [0.2, 0.25) is 0 Å². The highest BCUT2D eigenvalue weighted by Crippen LogP contribution is 2.35. The van der Waals surface area contributed by atoms with Crippen LogP contribution in [0, 0.1) is 0 Å². The molecule has 0 saturated heterocycles. The number of anilines is 1. The molecule has 0 saturated carbocycles. The van der Waals surface area contributed by atoms with Crippen molar-refractivity contribution < 1.29 is 5.11 Å². The van der Waals surface area contributed by atoms with Gasteiger partial charge in [0.2, 0.25) is 0 Å². The maximum Gasteiger partial charge on any atom is 0.108 e. The summed E-state index contributed by atoms with van der Waals surface area (Å²) in [7, 11) is 0. The molecule has 21 heavy (non-hydrogen) atoms. The molecule has 1 aliphatic rings. The molecule has 1 aliphatic heterocycles. The number of aromatic nitrogens is 1. The number of hydrogen-bond donors (Lipinski definition) is 2. The molecular formula is C18H16N2O. The molecule has 1 aromatic heterocycles. The topological polar surface area (TPSA) is 45.1 Å². The van der Waals surface area contributed by atoms with Gasteiger partial charge in [-0.3, -0.25) is 4.98 Å². The lowest BCUT2D eigenvalue weighted by molar-refractivity contribution is 0.222. The summed E-state index contributed by atoms with van der Waals surface area (Å²) in [5.41, 5.74) is 5.01. The fourth-order valence-corrected chi connectivity index (χ4v) is 3.11. The van der Waals surface area contributed by atoms with E-state index < -0.39 is 6.10 Å². The number of rotatable bonds is 2. The standard InChI is InChI=1S/C18H16N2O/c21-18(15-8-2-5-13-9-11-20-17(13)15)14-7-1-4-12-6-3-10-19-16(12)14/h1-8,10,18,20-21H,9,11H2. The highest BCUT2D eigenvalue weighted by Gasteiger charge is 2.21. The monoisotopic (exact) mass is 276 g/mol. The molecule has 1 unspecified atom stereocenters. The highest BCUT2D eigenvalue weighted by molar-refractivity contribution is 5.82. The first-order valence-corrected chi connectivity index (χ1v) is 7.22. The normalized spacial score (nSPS) is 14.7. The largest absolute Gasteiger partial charge is 0.384 e. The number of fused-ring (bicyclic) bond motifs is 2. The van der Waals surface area contributed by atoms with E-state index in [1.54, 1.807) is 6.20 Å². The van der Waals surface area contributed by atoms with Crippen molar-refractivity contribution in [3.05, 3.63) is 71.4 Å². The Kier molecular flexibility index (Phi) is 2.86. The molecule has 2 N–H and O–H groups in total. The van der Waals surface area contributed by atoms with E-state index in [-0.39, 0.29) is 0 Å². The summed E-state index contributed by atoms with van der Waals surface area (Å²) >= 11 is 0. The van der Waals surface area contributed by atoms with E-state index in [0.29, 0.717) is 0 Å². The average Bonchev–Trinajstić information content (AvgIpc) is 3.02. The molecule has 3 nitrogen and oxygen atoms in total. The molecule has 1 atom stereocenters. The Morgan fingerprint density at radius 1 is 1.00 bits per heavy atom. The van der Waals surface area contributed by atoms with Crippen LogP contribution in [0.1, 0.15) is 22.8 Å². The van der Waals surface area contributed by atoms with Crippen LogP contribution in [0.4, 0.5) is 5.69 Å². The van der Waals surface area contributed by atoms with Crippen molar-refractivity contribution in [1.82, 2.24) is 4.98 Å². The molecule has 0 bridgehead atoms. The summed E-state index contributed by atoms with van der Waals surface area (Å²) in [4.78, 5) is 4.44. The summed E-state index contributed by atoms with van der Waals surface area (Å²) in [5.74, 6) is 0. The second kappa shape index (κ2) is 4.86. The molecular weight excluding hydrogens is 260 g/mol. The van der Waals surface area contributed by atoms with Crippen molar-refractivity contribution in [1.29, 1.82) is 0 Å². The lowest BCUT2D eigenvalue weighted by Crippen LogP contribution is -2.05. The molecule has 4 rings (SSSR count). The van der Waals surface area contributed by atoms with Gasteiger partial charge >= 0.3 is 0 Å². The Bertz CT molecular complexity index is 808. The minimum Gasteiger partial charge on any atom is -0.384 e. The van der Waals surface area contributed by atoms with E-state index >= 15 is 0 Å². The number of benzene rings is 2. The summed E-state index contributed by atoms with van der Waals surface area (Å²) in [6.07, 6.45) is 2.12. The SMILES string of the molecule is OC(c1cccc2c1NCC2)c1cccc2cccnc12. The zero-order chi connectivity index (χ0) is 14.2. The number of hydrogen-bond acceptors (Lipinski definition) is 3. The van der Waals surface area contributed by atoms with Gasteiger partial charge in [0.1, 0.15) is 6.10 Å². The second-order valence-electron chi connectivity index (χ2n) is 5.38. The highest BCUT2D eigenvalue weighted by atomic mass is 16.3. The van der Waals surface area contributed by atoms with Crippen molar-refractivity contribution in [2.24, 2.45) is 0 Å². The number of nitrogens with zero attached hydrogens (tertiary/aromatic N) is 1. The molecule has 104 valence electrons. The summed E-state index contributed by atoms with van der Waals surface area (Å²) < 4.78 is 0. The third-order valence-electron chi connectivity index (χ3n) is 4.13. The van der Waals surface area contributed by atoms with Gasteiger partial charge in [-0.1, -0.05) is 42.5 Å². The predicted octanol–water partition coefficient (Wildman–Crippen LogP) is 3.28. The first kappa shape index (κ1) is 12.4. The third kappa shape index (κ3) is 1.98. The van der Waals surface area contributed by atoms with Crippen LogP contribution in [0.5, 0.6) is 0 Å². The quantitative estimate of drug-likeness (QED) is 0.755. The molecule has 0 spiro atoms. The van der Waals surface area contributed by atoms with Crippen molar-refractivity contribution in [2.75, 3.05) is 11.9 Å². The van der Waals surface area contributed by atoms with Crippen molar-refractivity contribution in [3.63, 3.8) is 0 Å². The van der Waals surface area contributed by atoms with Crippen molar-refractivity contribution in [3.8, 4) is 0 Å². The van der Waals surface area contributed by atoms with Crippen molar-refractivity contribution >= 4 is 16.6 Å². The Balaban J connectivity index is 1.88. The van der Waals surface area contributed by atoms with Crippen LogP contribution in [0.3, 0.4) is 0 Å². The maximum atomic E-state index is 10.9. The molecule has 0 fully saturated rings. The molecule has 2 heterocycles. The molecule has 0 aliphatic carbocycles. The summed E-state index contributed by atoms with van der Waals surface area (Å²) in [6, 6.07) is 16.0. The van der Waals surface area contributed by atoms with Gasteiger partial charge in [0, 0.05) is 34.9 Å². The second-order valence-corrected chi connectivity index (χ2v) is 5.38. The minimum absolute atomic E-state index is 0.663. The first-order valence-electron chi connectivity index (χ1n) is 7.22. The fourth-order valence-electron chi connectivity index (χ4n) is 3.11. The maximum absolute atomic E-state index is 10.9. The van der Waals surface area contributed by atoms with E-state index in [0.717, 1.165) is 40.7 Å². The fraction of sp³-hybridized carbons (Fsp3) is 0.167. The van der Waals surface area contributed by atoms with Gasteiger partial charge in [-0.25, -0.2) is 0 Å². The molecule has 3 aromatic rings. The zero-order valence-electron chi connectivity index (χ0n) is 11.6. The first-order chi connectivity index (χ1) is 10.3. The number of aliphatic hydroxyl groups is 1. The van der Waals surface area contributed by atoms with Crippen LogP contribution in [0.25, 0.3) is 10.9 Å². The van der Waals surface area contributed by atoms with Gasteiger partial charge in [-0.2, -0.15) is 0 Å². The number of aliphatic hydroxyl groups excluding tert-OH is 1. The Hall–Kier alpha value is -2.39. The van der Waals surface area contributed by atoms with E-state index in [4.69, 9.17) is 0 Å². The van der Waals surface area contributed by atoms with Crippen LogP contribution >= 0.6 is 0 Å². The van der Waals surface area contributed by atoms with Crippen molar-refractivity contribution in [2.45, 2.75) is 12.5 Å². The van der Waals surface area contributed by atoms with Crippen LogP contribution in [0.15, 0.2) is 54.7 Å². The van der Waals surface area contributed by atoms with Gasteiger partial charge in [-0.05, 0) is 18.1 Å². The lowest BCUT2D eigenvalue weighted by Gasteiger charge is -2.17. The Labute approximate surface area is 123 Å². The van der Waals surface area contributed by atoms with Gasteiger partial charge in [0.05, 0.1) is 5.52 Å². The summed E-state index contributed by atoms with van der Waals surface area (Å²) in [5, 5.41) is 15.3. The van der Waals surface area contributed by atoms with Gasteiger partial charge in [-0.15, -0.1) is 0 Å². The minimum atomic E-state index is -0.663. The third-order valence-corrected chi connectivity index (χ3v) is 4.13. The van der Waals surface area contributed by atoms with E-state index in [9.17, 15) is 5.11 Å². The number of pyridine rings is 1. The smallest absolute Gasteiger partial charge is 0.108 e. The molecule has 0 amide bonds. The Morgan fingerprint density at radius 2 is 1.81 bits per heavy atom. The number of para-hydroxylation sites is 2. The average molecular weight is 276 g/mol. The van der Waals surface area contributed by atoms with Gasteiger partial charge in [0.15, 0.2) is 0 Å². The zero-order valence-corrected chi connectivity index (χ0v) is 11.6. The molecule has 0 radical (unpaired) electrons. The van der Waals surface area contributed by atoms with E-state index in [1.165, 1.54) is 5.56 Å². The van der Waals surface area contributed by atoms with Gasteiger partial charge < -0.3 is 10.4 Å². The predicted molar refractivity (Wildman–Crippen MR) is 84.4 cm³/mol. The van der Waals surface area contributed by atoms with Gasteiger partial charge in [0.25, 0.3) is 0 Å². The molecule has 2 aromatic carbocycles. The van der Waals surface area contributed by atoms with E-state index in [1.807, 2.05) is 42.5 Å². The van der Waals surface area contributed by atoms with Crippen LogP contribution in [-0.4, -0.2) is 16.6 Å². The number of nitrogens with one attached hydrogen (secondary N) is 1. The van der Waals surface area contributed by atoms with E-state index in [2.05, 4.69) is 16.4 Å². The lowest BCUT2D eigenvalue weighted by atomic mass is 9.96. The summed E-state index contributed by atoms with van der Waals surface area (Å²) in [6.45, 7) is 0.937. The Morgan fingerprint density at radius 3 is 2.76 bits per heavy atom. The van der Waals surface area contributed by atoms with Crippen LogP contribution < -0.4 is 5.32 Å². The molecule has 3 heteroatoms.